The topological polar surface area (TPSA) is 53.7 Å². The number of oxazole rings is 1. The van der Waals surface area contributed by atoms with Crippen LogP contribution >= 0.6 is 11.6 Å². The zero-order chi connectivity index (χ0) is 10.9. The molecule has 1 rings (SSSR count). The Bertz CT molecular complexity index is 266. The van der Waals surface area contributed by atoms with Gasteiger partial charge < -0.3 is 18.6 Å². The Balaban J connectivity index is 2.04. The Morgan fingerprint density at radius 2 is 2.13 bits per heavy atom. The summed E-state index contributed by atoms with van der Waals surface area (Å²) in [6, 6.07) is 0. The molecule has 0 amide bonds. The quantitative estimate of drug-likeness (QED) is 0.504. The lowest BCUT2D eigenvalue weighted by Gasteiger charge is -2.02. The van der Waals surface area contributed by atoms with Gasteiger partial charge in [0.15, 0.2) is 0 Å². The van der Waals surface area contributed by atoms with Gasteiger partial charge in [0.1, 0.15) is 12.9 Å². The first kappa shape index (κ1) is 12.3. The molecule has 1 aromatic heterocycles. The van der Waals surface area contributed by atoms with Crippen molar-refractivity contribution in [3.05, 3.63) is 12.0 Å². The molecule has 0 aromatic carbocycles. The molecule has 1 aromatic rings. The van der Waals surface area contributed by atoms with Gasteiger partial charge in [0.2, 0.25) is 0 Å². The summed E-state index contributed by atoms with van der Waals surface area (Å²) in [5.41, 5.74) is 0.659. The van der Waals surface area contributed by atoms with Crippen LogP contribution in [-0.4, -0.2) is 38.5 Å². The summed E-state index contributed by atoms with van der Waals surface area (Å²) in [5, 5.41) is 0. The second-order valence-electron chi connectivity index (χ2n) is 2.69. The molecule has 0 atom stereocenters. The molecule has 0 spiro atoms. The zero-order valence-corrected chi connectivity index (χ0v) is 9.33. The molecule has 0 saturated carbocycles. The molecule has 0 saturated heterocycles. The lowest BCUT2D eigenvalue weighted by Crippen LogP contribution is -2.10. The second-order valence-corrected chi connectivity index (χ2v) is 2.96. The van der Waals surface area contributed by atoms with E-state index in [4.69, 9.17) is 30.2 Å². The van der Waals surface area contributed by atoms with Gasteiger partial charge in [-0.3, -0.25) is 0 Å². The van der Waals surface area contributed by atoms with E-state index in [0.717, 1.165) is 0 Å². The Labute approximate surface area is 93.3 Å². The van der Waals surface area contributed by atoms with Gasteiger partial charge in [0.05, 0.1) is 31.4 Å². The van der Waals surface area contributed by atoms with Gasteiger partial charge >= 0.3 is 6.08 Å². The van der Waals surface area contributed by atoms with Crippen molar-refractivity contribution in [2.45, 2.75) is 5.88 Å². The van der Waals surface area contributed by atoms with Gasteiger partial charge in [-0.05, 0) is 0 Å². The lowest BCUT2D eigenvalue weighted by molar-refractivity contribution is 0.0489. The Morgan fingerprint density at radius 3 is 2.80 bits per heavy atom. The predicted octanol–water partition coefficient (Wildman–Crippen LogP) is 1.46. The molecule has 0 bridgehead atoms. The van der Waals surface area contributed by atoms with Crippen LogP contribution in [0.2, 0.25) is 0 Å². The highest BCUT2D eigenvalue weighted by Crippen LogP contribution is 2.11. The van der Waals surface area contributed by atoms with Crippen LogP contribution in [0.5, 0.6) is 6.08 Å². The summed E-state index contributed by atoms with van der Waals surface area (Å²) < 4.78 is 20.1. The fourth-order valence-corrected chi connectivity index (χ4v) is 0.971. The van der Waals surface area contributed by atoms with Gasteiger partial charge in [-0.15, -0.1) is 11.6 Å². The highest BCUT2D eigenvalue weighted by atomic mass is 35.5. The van der Waals surface area contributed by atoms with Crippen molar-refractivity contribution in [1.29, 1.82) is 0 Å². The molecule has 0 fully saturated rings. The normalized spacial score (nSPS) is 10.5. The SMILES string of the molecule is COCCOCCOc1nc(CCl)co1. The van der Waals surface area contributed by atoms with E-state index in [0.29, 0.717) is 38.0 Å². The fourth-order valence-electron chi connectivity index (χ4n) is 0.848. The van der Waals surface area contributed by atoms with Crippen LogP contribution < -0.4 is 4.74 Å². The standard InChI is InChI=1S/C9H14ClNO4/c1-12-2-3-13-4-5-14-9-11-8(6-10)7-15-9/h7H,2-6H2,1H3. The third kappa shape index (κ3) is 5.01. The van der Waals surface area contributed by atoms with Crippen LogP contribution in [0.25, 0.3) is 0 Å². The van der Waals surface area contributed by atoms with Gasteiger partial charge in [-0.1, -0.05) is 0 Å². The molecule has 15 heavy (non-hydrogen) atoms. The average Bonchev–Trinajstić information content (AvgIpc) is 2.71. The summed E-state index contributed by atoms with van der Waals surface area (Å²) in [4.78, 5) is 3.96. The van der Waals surface area contributed by atoms with Crippen LogP contribution in [0.3, 0.4) is 0 Å². The Morgan fingerprint density at radius 1 is 1.33 bits per heavy atom. The number of rotatable bonds is 8. The van der Waals surface area contributed by atoms with E-state index < -0.39 is 0 Å². The van der Waals surface area contributed by atoms with E-state index in [1.807, 2.05) is 0 Å². The molecule has 0 unspecified atom stereocenters. The maximum Gasteiger partial charge on any atom is 0.393 e. The first-order valence-electron chi connectivity index (χ1n) is 4.56. The maximum absolute atomic E-state index is 5.54. The molecule has 0 aliphatic heterocycles. The molecule has 6 heteroatoms. The number of hydrogen-bond acceptors (Lipinski definition) is 5. The number of methoxy groups -OCH3 is 1. The molecular weight excluding hydrogens is 222 g/mol. The molecule has 86 valence electrons. The summed E-state index contributed by atoms with van der Waals surface area (Å²) in [6.45, 7) is 2.00. The summed E-state index contributed by atoms with van der Waals surface area (Å²) >= 11 is 5.54. The second kappa shape index (κ2) is 7.50. The van der Waals surface area contributed by atoms with Crippen molar-refractivity contribution in [2.75, 3.05) is 33.5 Å². The van der Waals surface area contributed by atoms with Gasteiger partial charge in [0.25, 0.3) is 0 Å². The van der Waals surface area contributed by atoms with E-state index in [1.165, 1.54) is 6.26 Å². The number of halogens is 1. The van der Waals surface area contributed by atoms with Crippen molar-refractivity contribution in [3.8, 4) is 6.08 Å². The largest absolute Gasteiger partial charge is 0.448 e. The monoisotopic (exact) mass is 235 g/mol. The van der Waals surface area contributed by atoms with Crippen molar-refractivity contribution < 1.29 is 18.6 Å². The summed E-state index contributed by atoms with van der Waals surface area (Å²) in [5.74, 6) is 0.317. The molecular formula is C9H14ClNO4. The summed E-state index contributed by atoms with van der Waals surface area (Å²) in [7, 11) is 1.63. The highest BCUT2D eigenvalue weighted by molar-refractivity contribution is 6.16. The zero-order valence-electron chi connectivity index (χ0n) is 8.57. The number of alkyl halides is 1. The minimum atomic E-state index is 0.223. The Kier molecular flexibility index (Phi) is 6.15. The van der Waals surface area contributed by atoms with Gasteiger partial charge in [-0.25, -0.2) is 0 Å². The number of nitrogens with zero attached hydrogens (tertiary/aromatic N) is 1. The van der Waals surface area contributed by atoms with Crippen molar-refractivity contribution >= 4 is 11.6 Å². The van der Waals surface area contributed by atoms with Crippen molar-refractivity contribution in [2.24, 2.45) is 0 Å². The highest BCUT2D eigenvalue weighted by Gasteiger charge is 2.02. The first-order chi connectivity index (χ1) is 7.36. The molecule has 0 aliphatic carbocycles. The minimum absolute atomic E-state index is 0.223. The fraction of sp³-hybridized carbons (Fsp3) is 0.667. The van der Waals surface area contributed by atoms with E-state index >= 15 is 0 Å². The van der Waals surface area contributed by atoms with E-state index in [9.17, 15) is 0 Å². The van der Waals surface area contributed by atoms with E-state index in [-0.39, 0.29) is 6.08 Å². The average molecular weight is 236 g/mol. The minimum Gasteiger partial charge on any atom is -0.448 e. The molecule has 5 nitrogen and oxygen atoms in total. The van der Waals surface area contributed by atoms with Crippen LogP contribution in [0.4, 0.5) is 0 Å². The van der Waals surface area contributed by atoms with Crippen molar-refractivity contribution in [1.82, 2.24) is 4.98 Å². The van der Waals surface area contributed by atoms with Crippen molar-refractivity contribution in [3.63, 3.8) is 0 Å². The lowest BCUT2D eigenvalue weighted by atomic mass is 10.6. The number of hydrogen-bond donors (Lipinski definition) is 0. The van der Waals surface area contributed by atoms with Crippen LogP contribution in [0.15, 0.2) is 10.7 Å². The third-order valence-electron chi connectivity index (χ3n) is 1.55. The van der Waals surface area contributed by atoms with Gasteiger partial charge in [-0.2, -0.15) is 4.98 Å². The maximum atomic E-state index is 5.54. The van der Waals surface area contributed by atoms with Crippen LogP contribution in [-0.2, 0) is 15.4 Å². The smallest absolute Gasteiger partial charge is 0.393 e. The molecule has 0 radical (unpaired) electrons. The van der Waals surface area contributed by atoms with Gasteiger partial charge in [0, 0.05) is 7.11 Å². The first-order valence-corrected chi connectivity index (χ1v) is 5.10. The van der Waals surface area contributed by atoms with E-state index in [1.54, 1.807) is 7.11 Å². The third-order valence-corrected chi connectivity index (χ3v) is 1.83. The molecule has 0 N–H and O–H groups in total. The van der Waals surface area contributed by atoms with Crippen LogP contribution in [0.1, 0.15) is 5.69 Å². The summed E-state index contributed by atoms with van der Waals surface area (Å²) in [6.07, 6.45) is 1.69. The number of ether oxygens (including phenoxy) is 3. The number of aromatic nitrogens is 1. The predicted molar refractivity (Wildman–Crippen MR) is 54.3 cm³/mol. The van der Waals surface area contributed by atoms with E-state index in [2.05, 4.69) is 4.98 Å². The molecule has 0 aliphatic rings. The Hall–Kier alpha value is -0.780. The molecule has 1 heterocycles. The van der Waals surface area contributed by atoms with Crippen LogP contribution in [0, 0.1) is 0 Å².